The SMILES string of the molecule is CN1CCN(C(=O)Cc2c[nH]c3ccccc23)[C@@H](C(=O)N(C)C)C1. The summed E-state index contributed by atoms with van der Waals surface area (Å²) < 4.78 is 0. The Labute approximate surface area is 142 Å². The number of carbonyl (C=O) groups excluding carboxylic acids is 2. The maximum absolute atomic E-state index is 12.9. The second-order valence-electron chi connectivity index (χ2n) is 6.63. The van der Waals surface area contributed by atoms with E-state index in [1.165, 1.54) is 0 Å². The van der Waals surface area contributed by atoms with E-state index < -0.39 is 6.04 Å². The van der Waals surface area contributed by atoms with Crippen LogP contribution in [-0.4, -0.2) is 78.3 Å². The van der Waals surface area contributed by atoms with E-state index in [1.54, 1.807) is 23.9 Å². The van der Waals surface area contributed by atoms with Crippen molar-refractivity contribution in [2.45, 2.75) is 12.5 Å². The molecular weight excluding hydrogens is 304 g/mol. The summed E-state index contributed by atoms with van der Waals surface area (Å²) in [4.78, 5) is 34.0. The summed E-state index contributed by atoms with van der Waals surface area (Å²) in [5, 5.41) is 1.07. The van der Waals surface area contributed by atoms with Crippen LogP contribution in [0.4, 0.5) is 0 Å². The summed E-state index contributed by atoms with van der Waals surface area (Å²) in [5.74, 6) is -0.0121. The number of benzene rings is 1. The van der Waals surface area contributed by atoms with Gasteiger partial charge in [-0.3, -0.25) is 9.59 Å². The molecule has 1 aromatic heterocycles. The molecule has 1 aliphatic rings. The minimum atomic E-state index is -0.406. The molecule has 0 bridgehead atoms. The van der Waals surface area contributed by atoms with E-state index >= 15 is 0 Å². The summed E-state index contributed by atoms with van der Waals surface area (Å²) in [6.07, 6.45) is 2.20. The Morgan fingerprint density at radius 1 is 1.25 bits per heavy atom. The van der Waals surface area contributed by atoms with E-state index in [1.807, 2.05) is 37.5 Å². The molecule has 2 heterocycles. The quantitative estimate of drug-likeness (QED) is 0.912. The Hall–Kier alpha value is -2.34. The van der Waals surface area contributed by atoms with E-state index in [-0.39, 0.29) is 11.8 Å². The van der Waals surface area contributed by atoms with Crippen molar-refractivity contribution in [1.82, 2.24) is 19.7 Å². The van der Waals surface area contributed by atoms with Gasteiger partial charge in [-0.1, -0.05) is 18.2 Å². The van der Waals surface area contributed by atoms with Gasteiger partial charge in [0, 0.05) is 50.8 Å². The molecule has 1 saturated heterocycles. The molecule has 2 aromatic rings. The number of rotatable bonds is 3. The highest BCUT2D eigenvalue weighted by molar-refractivity contribution is 5.92. The number of fused-ring (bicyclic) bond motifs is 1. The smallest absolute Gasteiger partial charge is 0.246 e. The predicted molar refractivity (Wildman–Crippen MR) is 93.7 cm³/mol. The molecule has 1 aliphatic heterocycles. The second kappa shape index (κ2) is 6.65. The third kappa shape index (κ3) is 3.14. The maximum Gasteiger partial charge on any atom is 0.246 e. The molecule has 3 rings (SSSR count). The number of hydrogen-bond acceptors (Lipinski definition) is 3. The van der Waals surface area contributed by atoms with Crippen LogP contribution in [0.25, 0.3) is 10.9 Å². The van der Waals surface area contributed by atoms with Crippen molar-refractivity contribution in [2.75, 3.05) is 40.8 Å². The number of para-hydroxylation sites is 1. The van der Waals surface area contributed by atoms with E-state index in [4.69, 9.17) is 0 Å². The molecule has 24 heavy (non-hydrogen) atoms. The number of piperazine rings is 1. The lowest BCUT2D eigenvalue weighted by Gasteiger charge is -2.40. The molecule has 0 unspecified atom stereocenters. The maximum atomic E-state index is 12.9. The third-order valence-electron chi connectivity index (χ3n) is 4.65. The van der Waals surface area contributed by atoms with Gasteiger partial charge in [-0.15, -0.1) is 0 Å². The number of aromatic amines is 1. The first-order valence-electron chi connectivity index (χ1n) is 8.21. The van der Waals surface area contributed by atoms with E-state index in [0.29, 0.717) is 19.5 Å². The summed E-state index contributed by atoms with van der Waals surface area (Å²) in [7, 11) is 5.45. The van der Waals surface area contributed by atoms with Crippen LogP contribution in [0.5, 0.6) is 0 Å². The van der Waals surface area contributed by atoms with Gasteiger partial charge in [0.25, 0.3) is 0 Å². The van der Waals surface area contributed by atoms with Gasteiger partial charge in [0.05, 0.1) is 6.42 Å². The topological polar surface area (TPSA) is 59.7 Å². The van der Waals surface area contributed by atoms with Gasteiger partial charge in [0.15, 0.2) is 0 Å². The number of nitrogens with zero attached hydrogens (tertiary/aromatic N) is 3. The number of hydrogen-bond donors (Lipinski definition) is 1. The van der Waals surface area contributed by atoms with Gasteiger partial charge < -0.3 is 19.7 Å². The van der Waals surface area contributed by atoms with Gasteiger partial charge in [-0.25, -0.2) is 0 Å². The first-order valence-corrected chi connectivity index (χ1v) is 8.21. The summed E-state index contributed by atoms with van der Waals surface area (Å²) in [6, 6.07) is 7.55. The van der Waals surface area contributed by atoms with Crippen LogP contribution < -0.4 is 0 Å². The lowest BCUT2D eigenvalue weighted by Crippen LogP contribution is -2.59. The van der Waals surface area contributed by atoms with Crippen molar-refractivity contribution >= 4 is 22.7 Å². The first kappa shape index (κ1) is 16.5. The fourth-order valence-corrected chi connectivity index (χ4v) is 3.27. The number of carbonyl (C=O) groups is 2. The Kier molecular flexibility index (Phi) is 4.57. The first-order chi connectivity index (χ1) is 11.5. The molecule has 6 heteroatoms. The van der Waals surface area contributed by atoms with E-state index in [2.05, 4.69) is 9.88 Å². The van der Waals surface area contributed by atoms with Crippen LogP contribution >= 0.6 is 0 Å². The number of nitrogens with one attached hydrogen (secondary N) is 1. The van der Waals surface area contributed by atoms with Gasteiger partial charge in [0.2, 0.25) is 11.8 Å². The van der Waals surface area contributed by atoms with Gasteiger partial charge >= 0.3 is 0 Å². The monoisotopic (exact) mass is 328 g/mol. The largest absolute Gasteiger partial charge is 0.361 e. The number of aromatic nitrogens is 1. The van der Waals surface area contributed by atoms with Gasteiger partial charge in [-0.05, 0) is 18.7 Å². The van der Waals surface area contributed by atoms with Crippen LogP contribution in [0, 0.1) is 0 Å². The Morgan fingerprint density at radius 2 is 2.00 bits per heavy atom. The van der Waals surface area contributed by atoms with Crippen molar-refractivity contribution in [1.29, 1.82) is 0 Å². The van der Waals surface area contributed by atoms with Crippen LogP contribution in [0.3, 0.4) is 0 Å². The van der Waals surface area contributed by atoms with E-state index in [9.17, 15) is 9.59 Å². The Morgan fingerprint density at radius 3 is 2.75 bits per heavy atom. The number of amides is 2. The molecule has 1 atom stereocenters. The lowest BCUT2D eigenvalue weighted by atomic mass is 10.1. The second-order valence-corrected chi connectivity index (χ2v) is 6.63. The molecule has 0 aliphatic carbocycles. The molecule has 1 N–H and O–H groups in total. The van der Waals surface area contributed by atoms with Gasteiger partial charge in [-0.2, -0.15) is 0 Å². The van der Waals surface area contributed by atoms with Crippen molar-refractivity contribution in [3.05, 3.63) is 36.0 Å². The molecule has 0 spiro atoms. The molecule has 0 saturated carbocycles. The molecule has 1 aromatic carbocycles. The predicted octanol–water partition coefficient (Wildman–Crippen LogP) is 0.941. The number of likely N-dealkylation sites (N-methyl/N-ethyl adjacent to an activating group) is 2. The van der Waals surface area contributed by atoms with Crippen LogP contribution in [0.15, 0.2) is 30.5 Å². The normalized spacial score (nSPS) is 18.8. The Balaban J connectivity index is 1.80. The molecule has 6 nitrogen and oxygen atoms in total. The highest BCUT2D eigenvalue weighted by Crippen LogP contribution is 2.20. The molecule has 0 radical (unpaired) electrons. The zero-order chi connectivity index (χ0) is 17.3. The molecule has 2 amide bonds. The third-order valence-corrected chi connectivity index (χ3v) is 4.65. The minimum absolute atomic E-state index is 0.00746. The van der Waals surface area contributed by atoms with Crippen LogP contribution in [0.2, 0.25) is 0 Å². The fraction of sp³-hybridized carbons (Fsp3) is 0.444. The molecular formula is C18H24N4O2. The van der Waals surface area contributed by atoms with E-state index in [0.717, 1.165) is 23.0 Å². The standard InChI is InChI=1S/C18H24N4O2/c1-20(2)18(24)16-12-21(3)8-9-22(16)17(23)10-13-11-19-15-7-5-4-6-14(13)15/h4-7,11,16,19H,8-10,12H2,1-3H3/t16-/m1/s1. The average Bonchev–Trinajstić information content (AvgIpc) is 2.97. The van der Waals surface area contributed by atoms with Crippen molar-refractivity contribution < 1.29 is 9.59 Å². The lowest BCUT2D eigenvalue weighted by molar-refractivity contribution is -0.147. The zero-order valence-electron chi connectivity index (χ0n) is 14.5. The zero-order valence-corrected chi connectivity index (χ0v) is 14.5. The fourth-order valence-electron chi connectivity index (χ4n) is 3.27. The summed E-state index contributed by atoms with van der Waals surface area (Å²) in [6.45, 7) is 1.95. The van der Waals surface area contributed by atoms with Crippen LogP contribution in [-0.2, 0) is 16.0 Å². The molecule has 1 fully saturated rings. The van der Waals surface area contributed by atoms with Crippen LogP contribution in [0.1, 0.15) is 5.56 Å². The van der Waals surface area contributed by atoms with Crippen molar-refractivity contribution in [3.8, 4) is 0 Å². The van der Waals surface area contributed by atoms with Crippen molar-refractivity contribution in [3.63, 3.8) is 0 Å². The highest BCUT2D eigenvalue weighted by Gasteiger charge is 2.35. The average molecular weight is 328 g/mol. The van der Waals surface area contributed by atoms with Gasteiger partial charge in [0.1, 0.15) is 6.04 Å². The highest BCUT2D eigenvalue weighted by atomic mass is 16.2. The summed E-state index contributed by atoms with van der Waals surface area (Å²) in [5.41, 5.74) is 2.00. The van der Waals surface area contributed by atoms with Crippen molar-refractivity contribution in [2.24, 2.45) is 0 Å². The summed E-state index contributed by atoms with van der Waals surface area (Å²) >= 11 is 0. The minimum Gasteiger partial charge on any atom is -0.361 e. The number of H-pyrrole nitrogens is 1. The Bertz CT molecular complexity index is 752. The molecule has 128 valence electrons.